The van der Waals surface area contributed by atoms with Crippen molar-refractivity contribution in [3.8, 4) is 11.5 Å². The Morgan fingerprint density at radius 3 is 2.72 bits per heavy atom. The third-order valence-corrected chi connectivity index (χ3v) is 6.16. The molecule has 1 aromatic carbocycles. The van der Waals surface area contributed by atoms with Crippen molar-refractivity contribution >= 4 is 41.7 Å². The monoisotopic (exact) mass is 537 g/mol. The standard InChI is InChI=1S/C21H35N3O3S.HI/c1-5-22-21(24-15-8-7-9-17(12-15)28-6-2)23-14-19(25)18-13-16(26-3)10-11-20(18)27-4;/h10-11,13,15,17,19,25H,5-9,12,14H2,1-4H3,(H2,22,23,24);1H. The van der Waals surface area contributed by atoms with Gasteiger partial charge in [-0.15, -0.1) is 24.0 Å². The predicted octanol–water partition coefficient (Wildman–Crippen LogP) is 3.97. The molecule has 0 spiro atoms. The molecule has 8 heteroatoms. The van der Waals surface area contributed by atoms with E-state index in [1.807, 2.05) is 6.07 Å². The molecule has 166 valence electrons. The van der Waals surface area contributed by atoms with E-state index < -0.39 is 6.10 Å². The highest BCUT2D eigenvalue weighted by molar-refractivity contribution is 14.0. The molecule has 6 nitrogen and oxygen atoms in total. The third kappa shape index (κ3) is 8.41. The molecule has 29 heavy (non-hydrogen) atoms. The minimum absolute atomic E-state index is 0. The Bertz CT molecular complexity index is 631. The number of guanidine groups is 1. The quantitative estimate of drug-likeness (QED) is 0.252. The number of nitrogens with one attached hydrogen (secondary N) is 2. The zero-order valence-electron chi connectivity index (χ0n) is 17.9. The second kappa shape index (κ2) is 14.2. The molecule has 3 atom stereocenters. The maximum absolute atomic E-state index is 10.7. The van der Waals surface area contributed by atoms with Gasteiger partial charge >= 0.3 is 0 Å². The van der Waals surface area contributed by atoms with Crippen LogP contribution in [0.5, 0.6) is 11.5 Å². The van der Waals surface area contributed by atoms with Crippen LogP contribution >= 0.6 is 35.7 Å². The number of benzene rings is 1. The molecule has 0 heterocycles. The van der Waals surface area contributed by atoms with E-state index >= 15 is 0 Å². The molecule has 1 saturated carbocycles. The first-order valence-electron chi connectivity index (χ1n) is 10.2. The lowest BCUT2D eigenvalue weighted by Crippen LogP contribution is -2.46. The lowest BCUT2D eigenvalue weighted by Gasteiger charge is -2.30. The highest BCUT2D eigenvalue weighted by Crippen LogP contribution is 2.30. The first-order valence-corrected chi connectivity index (χ1v) is 11.2. The molecule has 0 saturated heterocycles. The maximum Gasteiger partial charge on any atom is 0.191 e. The zero-order chi connectivity index (χ0) is 20.4. The van der Waals surface area contributed by atoms with Crippen molar-refractivity contribution in [1.82, 2.24) is 10.6 Å². The Kier molecular flexibility index (Phi) is 12.8. The number of rotatable bonds is 9. The molecule has 3 unspecified atom stereocenters. The van der Waals surface area contributed by atoms with Crippen molar-refractivity contribution in [2.24, 2.45) is 4.99 Å². The van der Waals surface area contributed by atoms with E-state index in [4.69, 9.17) is 9.47 Å². The minimum Gasteiger partial charge on any atom is -0.497 e. The summed E-state index contributed by atoms with van der Waals surface area (Å²) in [5.41, 5.74) is 0.679. The maximum atomic E-state index is 10.7. The first kappa shape index (κ1) is 26.2. The van der Waals surface area contributed by atoms with Gasteiger partial charge < -0.3 is 25.2 Å². The van der Waals surface area contributed by atoms with E-state index in [0.717, 1.165) is 30.6 Å². The van der Waals surface area contributed by atoms with Crippen LogP contribution in [0, 0.1) is 0 Å². The average molecular weight is 538 g/mol. The normalized spacial score (nSPS) is 20.4. The van der Waals surface area contributed by atoms with E-state index in [9.17, 15) is 5.11 Å². The van der Waals surface area contributed by atoms with Crippen molar-refractivity contribution < 1.29 is 14.6 Å². The number of hydrogen-bond donors (Lipinski definition) is 3. The van der Waals surface area contributed by atoms with E-state index in [-0.39, 0.29) is 30.5 Å². The van der Waals surface area contributed by atoms with E-state index in [1.165, 1.54) is 18.6 Å². The first-order chi connectivity index (χ1) is 13.6. The van der Waals surface area contributed by atoms with Crippen molar-refractivity contribution in [3.63, 3.8) is 0 Å². The van der Waals surface area contributed by atoms with Crippen molar-refractivity contribution in [1.29, 1.82) is 0 Å². The fourth-order valence-electron chi connectivity index (χ4n) is 3.55. The zero-order valence-corrected chi connectivity index (χ0v) is 21.1. The Hall–Kier alpha value is -0.870. The number of methoxy groups -OCH3 is 2. The van der Waals surface area contributed by atoms with Gasteiger partial charge in [-0.1, -0.05) is 13.3 Å². The number of thioether (sulfide) groups is 1. The second-order valence-electron chi connectivity index (χ2n) is 6.93. The van der Waals surface area contributed by atoms with Crippen molar-refractivity contribution in [3.05, 3.63) is 23.8 Å². The molecule has 0 bridgehead atoms. The molecular weight excluding hydrogens is 501 g/mol. The van der Waals surface area contributed by atoms with Crippen LogP contribution in [0.2, 0.25) is 0 Å². The summed E-state index contributed by atoms with van der Waals surface area (Å²) in [6.45, 7) is 5.31. The lowest BCUT2D eigenvalue weighted by atomic mass is 9.95. The van der Waals surface area contributed by atoms with Gasteiger partial charge in [0.15, 0.2) is 5.96 Å². The number of aliphatic hydroxyl groups excluding tert-OH is 1. The van der Waals surface area contributed by atoms with Gasteiger partial charge in [-0.05, 0) is 50.1 Å². The van der Waals surface area contributed by atoms with Gasteiger partial charge in [0.2, 0.25) is 0 Å². The van der Waals surface area contributed by atoms with Crippen LogP contribution in [0.15, 0.2) is 23.2 Å². The van der Waals surface area contributed by atoms with Gasteiger partial charge in [-0.25, -0.2) is 0 Å². The summed E-state index contributed by atoms with van der Waals surface area (Å²) in [5.74, 6) is 3.24. The van der Waals surface area contributed by atoms with Gasteiger partial charge in [-0.2, -0.15) is 11.8 Å². The molecule has 1 aliphatic rings. The van der Waals surface area contributed by atoms with E-state index in [2.05, 4.69) is 41.2 Å². The largest absolute Gasteiger partial charge is 0.497 e. The number of nitrogens with zero attached hydrogens (tertiary/aromatic N) is 1. The summed E-state index contributed by atoms with van der Waals surface area (Å²) in [6, 6.07) is 5.85. The highest BCUT2D eigenvalue weighted by Gasteiger charge is 2.23. The smallest absolute Gasteiger partial charge is 0.191 e. The molecular formula is C21H36IN3O3S. The molecule has 1 aliphatic carbocycles. The number of hydrogen-bond acceptors (Lipinski definition) is 5. The number of halogens is 1. The summed E-state index contributed by atoms with van der Waals surface area (Å²) in [5, 5.41) is 18.3. The van der Waals surface area contributed by atoms with Crippen molar-refractivity contribution in [2.75, 3.05) is 33.1 Å². The van der Waals surface area contributed by atoms with Gasteiger partial charge in [0.1, 0.15) is 17.6 Å². The van der Waals surface area contributed by atoms with E-state index in [0.29, 0.717) is 23.1 Å². The molecule has 1 fully saturated rings. The number of aliphatic hydroxyl groups is 1. The molecule has 0 amide bonds. The number of aliphatic imine (C=N–C) groups is 1. The predicted molar refractivity (Wildman–Crippen MR) is 133 cm³/mol. The fraction of sp³-hybridized carbons (Fsp3) is 0.667. The summed E-state index contributed by atoms with van der Waals surface area (Å²) in [7, 11) is 3.21. The van der Waals surface area contributed by atoms with Crippen LogP contribution < -0.4 is 20.1 Å². The van der Waals surface area contributed by atoms with Crippen molar-refractivity contribution in [2.45, 2.75) is 56.9 Å². The minimum atomic E-state index is -0.768. The average Bonchev–Trinajstić information content (AvgIpc) is 2.72. The van der Waals surface area contributed by atoms with Crippen LogP contribution in [0.4, 0.5) is 0 Å². The van der Waals surface area contributed by atoms with Crippen LogP contribution in [-0.2, 0) is 0 Å². The Balaban J connectivity index is 0.00000420. The third-order valence-electron chi connectivity index (χ3n) is 4.93. The summed E-state index contributed by atoms with van der Waals surface area (Å²) in [4.78, 5) is 4.63. The molecule has 1 aromatic rings. The van der Waals surface area contributed by atoms with Crippen LogP contribution in [0.3, 0.4) is 0 Å². The topological polar surface area (TPSA) is 75.1 Å². The van der Waals surface area contributed by atoms with Gasteiger partial charge in [0.05, 0.1) is 20.8 Å². The highest BCUT2D eigenvalue weighted by atomic mass is 127. The van der Waals surface area contributed by atoms with Gasteiger partial charge in [0.25, 0.3) is 0 Å². The second-order valence-corrected chi connectivity index (χ2v) is 8.51. The van der Waals surface area contributed by atoms with Gasteiger partial charge in [-0.3, -0.25) is 4.99 Å². The van der Waals surface area contributed by atoms with Crippen LogP contribution in [0.25, 0.3) is 0 Å². The SMILES string of the molecule is CCNC(=NCC(O)c1cc(OC)ccc1OC)NC1CCCC(SCC)C1.I. The fourth-order valence-corrected chi connectivity index (χ4v) is 4.73. The van der Waals surface area contributed by atoms with Crippen LogP contribution in [0.1, 0.15) is 51.2 Å². The molecule has 0 aromatic heterocycles. The Morgan fingerprint density at radius 2 is 2.07 bits per heavy atom. The summed E-state index contributed by atoms with van der Waals surface area (Å²) >= 11 is 2.05. The van der Waals surface area contributed by atoms with Gasteiger partial charge in [0, 0.05) is 23.4 Å². The summed E-state index contributed by atoms with van der Waals surface area (Å²) < 4.78 is 10.6. The number of ether oxygens (including phenoxy) is 2. The molecule has 2 rings (SSSR count). The van der Waals surface area contributed by atoms with Crippen LogP contribution in [-0.4, -0.2) is 55.4 Å². The molecule has 3 N–H and O–H groups in total. The lowest BCUT2D eigenvalue weighted by molar-refractivity contribution is 0.182. The summed E-state index contributed by atoms with van der Waals surface area (Å²) in [6.07, 6.45) is 4.11. The van der Waals surface area contributed by atoms with E-state index in [1.54, 1.807) is 26.4 Å². The molecule has 0 radical (unpaired) electrons. The Morgan fingerprint density at radius 1 is 1.28 bits per heavy atom. The molecule has 0 aliphatic heterocycles. The Labute approximate surface area is 196 Å².